The van der Waals surface area contributed by atoms with E-state index >= 15 is 0 Å². The van der Waals surface area contributed by atoms with Crippen LogP contribution < -0.4 is 0 Å². The summed E-state index contributed by atoms with van der Waals surface area (Å²) >= 11 is 0. The maximum Gasteiger partial charge on any atom is 0.152 e. The van der Waals surface area contributed by atoms with Gasteiger partial charge in [0.2, 0.25) is 0 Å². The number of amidine groups is 1. The normalized spacial score (nSPS) is 19.3. The van der Waals surface area contributed by atoms with Crippen LogP contribution in [0.4, 0.5) is 0 Å². The highest BCUT2D eigenvalue weighted by Crippen LogP contribution is 2.27. The van der Waals surface area contributed by atoms with Gasteiger partial charge in [0.05, 0.1) is 18.0 Å². The topological polar surface area (TPSA) is 52.5 Å². The number of nitriles is 1. The second-order valence-electron chi connectivity index (χ2n) is 3.75. The Morgan fingerprint density at radius 1 is 1.39 bits per heavy atom. The van der Waals surface area contributed by atoms with Crippen molar-refractivity contribution in [2.24, 2.45) is 4.99 Å². The minimum absolute atomic E-state index is 0.689. The number of allylic oxidation sites excluding steroid dienone is 4. The summed E-state index contributed by atoms with van der Waals surface area (Å²) in [7, 11) is 0. The quantitative estimate of drug-likeness (QED) is 0.703. The van der Waals surface area contributed by atoms with E-state index in [-0.39, 0.29) is 0 Å². The molecular formula is C14H9N3O. The van der Waals surface area contributed by atoms with Crippen LogP contribution in [0.1, 0.15) is 5.76 Å². The summed E-state index contributed by atoms with van der Waals surface area (Å²) in [6.45, 7) is 0. The van der Waals surface area contributed by atoms with E-state index in [1.807, 2.05) is 53.6 Å². The van der Waals surface area contributed by atoms with Gasteiger partial charge in [0.25, 0.3) is 0 Å². The molecule has 0 saturated carbocycles. The molecule has 0 aromatic carbocycles. The van der Waals surface area contributed by atoms with E-state index in [2.05, 4.69) is 4.99 Å². The van der Waals surface area contributed by atoms with Gasteiger partial charge in [-0.15, -0.1) is 0 Å². The first-order chi connectivity index (χ1) is 8.88. The van der Waals surface area contributed by atoms with E-state index in [0.717, 1.165) is 11.5 Å². The van der Waals surface area contributed by atoms with E-state index in [1.165, 1.54) is 6.08 Å². The number of rotatable bonds is 1. The smallest absolute Gasteiger partial charge is 0.152 e. The first kappa shape index (κ1) is 10.4. The molecule has 86 valence electrons. The third-order valence-corrected chi connectivity index (χ3v) is 2.62. The lowest BCUT2D eigenvalue weighted by Gasteiger charge is -2.26. The van der Waals surface area contributed by atoms with Crippen LogP contribution in [0.5, 0.6) is 0 Å². The zero-order valence-electron chi connectivity index (χ0n) is 9.45. The highest BCUT2D eigenvalue weighted by Gasteiger charge is 2.19. The summed E-state index contributed by atoms with van der Waals surface area (Å²) in [4.78, 5) is 6.36. The monoisotopic (exact) mass is 235 g/mol. The van der Waals surface area contributed by atoms with Crippen molar-refractivity contribution in [1.29, 1.82) is 5.26 Å². The van der Waals surface area contributed by atoms with Gasteiger partial charge in [-0.05, 0) is 30.4 Å². The Kier molecular flexibility index (Phi) is 2.43. The van der Waals surface area contributed by atoms with Crippen LogP contribution >= 0.6 is 0 Å². The van der Waals surface area contributed by atoms with Crippen LogP contribution in [0, 0.1) is 11.3 Å². The summed E-state index contributed by atoms with van der Waals surface area (Å²) < 4.78 is 5.33. The molecule has 3 heterocycles. The molecule has 0 aliphatic carbocycles. The van der Waals surface area contributed by atoms with Crippen LogP contribution in [-0.4, -0.2) is 10.7 Å². The molecule has 0 atom stereocenters. The molecule has 0 fully saturated rings. The molecule has 0 N–H and O–H groups in total. The Balaban J connectivity index is 2.10. The highest BCUT2D eigenvalue weighted by atomic mass is 16.3. The zero-order chi connectivity index (χ0) is 12.4. The molecule has 0 spiro atoms. The summed E-state index contributed by atoms with van der Waals surface area (Å²) in [5, 5.41) is 8.84. The molecule has 0 saturated heterocycles. The first-order valence-electron chi connectivity index (χ1n) is 5.46. The molecule has 1 aromatic rings. The van der Waals surface area contributed by atoms with Gasteiger partial charge >= 0.3 is 0 Å². The van der Waals surface area contributed by atoms with E-state index in [4.69, 9.17) is 9.68 Å². The van der Waals surface area contributed by atoms with Gasteiger partial charge in [-0.25, -0.2) is 4.99 Å². The number of fused-ring (bicyclic) bond motifs is 1. The van der Waals surface area contributed by atoms with Gasteiger partial charge < -0.3 is 9.32 Å². The van der Waals surface area contributed by atoms with Crippen LogP contribution in [-0.2, 0) is 0 Å². The van der Waals surface area contributed by atoms with E-state index in [0.29, 0.717) is 11.5 Å². The van der Waals surface area contributed by atoms with E-state index < -0.39 is 0 Å². The molecular weight excluding hydrogens is 226 g/mol. The number of aliphatic imine (C=N–C) groups is 1. The zero-order valence-corrected chi connectivity index (χ0v) is 9.45. The fraction of sp³-hybridized carbons (Fsp3) is 0. The Morgan fingerprint density at radius 3 is 3.11 bits per heavy atom. The molecule has 0 unspecified atom stereocenters. The minimum atomic E-state index is 0.689. The van der Waals surface area contributed by atoms with E-state index in [1.54, 1.807) is 6.26 Å². The van der Waals surface area contributed by atoms with Gasteiger partial charge in [-0.3, -0.25) is 0 Å². The average Bonchev–Trinajstić information content (AvgIpc) is 2.93. The summed E-state index contributed by atoms with van der Waals surface area (Å²) in [6.07, 6.45) is 12.5. The molecule has 3 rings (SSSR count). The third kappa shape index (κ3) is 1.68. The van der Waals surface area contributed by atoms with Gasteiger partial charge in [0.1, 0.15) is 11.5 Å². The van der Waals surface area contributed by atoms with Crippen LogP contribution in [0.15, 0.2) is 70.1 Å². The van der Waals surface area contributed by atoms with Crippen LogP contribution in [0.25, 0.3) is 5.70 Å². The van der Waals surface area contributed by atoms with Crippen molar-refractivity contribution in [2.75, 3.05) is 0 Å². The standard InChI is InChI=1S/C14H9N3O/c15-7-6-11-10-12(13-4-3-9-18-13)16-14-5-1-2-8-17(11)14/h1-6,8-10H/b11-6-. The lowest BCUT2D eigenvalue weighted by molar-refractivity contribution is 0.550. The highest BCUT2D eigenvalue weighted by molar-refractivity contribution is 6.01. The number of hydrogen-bond donors (Lipinski definition) is 0. The van der Waals surface area contributed by atoms with Crippen molar-refractivity contribution in [2.45, 2.75) is 0 Å². The Hall–Kier alpha value is -2.80. The predicted molar refractivity (Wildman–Crippen MR) is 67.9 cm³/mol. The fourth-order valence-electron chi connectivity index (χ4n) is 1.84. The van der Waals surface area contributed by atoms with Crippen molar-refractivity contribution >= 4 is 11.5 Å². The Morgan fingerprint density at radius 2 is 2.33 bits per heavy atom. The summed E-state index contributed by atoms with van der Waals surface area (Å²) in [6, 6.07) is 5.70. The molecule has 4 heteroatoms. The lowest BCUT2D eigenvalue weighted by atomic mass is 10.2. The molecule has 2 aliphatic heterocycles. The predicted octanol–water partition coefficient (Wildman–Crippen LogP) is 2.83. The Bertz CT molecular complexity index is 652. The van der Waals surface area contributed by atoms with Gasteiger partial charge in [0, 0.05) is 12.3 Å². The molecule has 0 amide bonds. The van der Waals surface area contributed by atoms with Crippen LogP contribution in [0.2, 0.25) is 0 Å². The second kappa shape index (κ2) is 4.22. The van der Waals surface area contributed by atoms with Crippen LogP contribution in [0.3, 0.4) is 0 Å². The van der Waals surface area contributed by atoms with Crippen molar-refractivity contribution in [3.05, 3.63) is 66.4 Å². The first-order valence-corrected chi connectivity index (χ1v) is 5.46. The van der Waals surface area contributed by atoms with Gasteiger partial charge in [-0.2, -0.15) is 5.26 Å². The number of nitrogens with zero attached hydrogens (tertiary/aromatic N) is 3. The van der Waals surface area contributed by atoms with Gasteiger partial charge in [0.15, 0.2) is 5.76 Å². The SMILES string of the molecule is N#C/C=C1/C=C(c2ccco2)N=C2C=CC=CN21. The lowest BCUT2D eigenvalue weighted by Crippen LogP contribution is -2.26. The van der Waals surface area contributed by atoms with Crippen molar-refractivity contribution < 1.29 is 4.42 Å². The molecule has 18 heavy (non-hydrogen) atoms. The largest absolute Gasteiger partial charge is 0.463 e. The third-order valence-electron chi connectivity index (χ3n) is 2.62. The molecule has 0 bridgehead atoms. The van der Waals surface area contributed by atoms with Crippen molar-refractivity contribution in [3.63, 3.8) is 0 Å². The minimum Gasteiger partial charge on any atom is -0.463 e. The molecule has 2 aliphatic rings. The average molecular weight is 235 g/mol. The molecule has 0 radical (unpaired) electrons. The number of furan rings is 1. The van der Waals surface area contributed by atoms with Crippen molar-refractivity contribution in [1.82, 2.24) is 4.90 Å². The van der Waals surface area contributed by atoms with E-state index in [9.17, 15) is 0 Å². The summed E-state index contributed by atoms with van der Waals surface area (Å²) in [5.74, 6) is 1.46. The maximum absolute atomic E-state index is 8.84. The maximum atomic E-state index is 8.84. The Labute approximate surface area is 104 Å². The molecule has 1 aromatic heterocycles. The summed E-state index contributed by atoms with van der Waals surface area (Å²) in [5.41, 5.74) is 1.49. The number of hydrogen-bond acceptors (Lipinski definition) is 4. The van der Waals surface area contributed by atoms with Gasteiger partial charge in [-0.1, -0.05) is 6.08 Å². The second-order valence-corrected chi connectivity index (χ2v) is 3.75. The molecule has 4 nitrogen and oxygen atoms in total. The fourth-order valence-corrected chi connectivity index (χ4v) is 1.84. The van der Waals surface area contributed by atoms with Crippen molar-refractivity contribution in [3.8, 4) is 6.07 Å².